The number of halogens is 1. The highest BCUT2D eigenvalue weighted by atomic mass is 35.5. The molecule has 94 valence electrons. The van der Waals surface area contributed by atoms with Crippen molar-refractivity contribution in [2.24, 2.45) is 0 Å². The molecule has 2 heteroatoms. The van der Waals surface area contributed by atoms with Crippen molar-refractivity contribution in [1.29, 1.82) is 5.26 Å². The molecule has 0 amide bonds. The number of nitrogens with zero attached hydrogens (tertiary/aromatic N) is 1. The summed E-state index contributed by atoms with van der Waals surface area (Å²) >= 11 is 6.24. The van der Waals surface area contributed by atoms with Gasteiger partial charge in [0.05, 0.1) is 11.5 Å². The van der Waals surface area contributed by atoms with Gasteiger partial charge in [0.15, 0.2) is 0 Å². The topological polar surface area (TPSA) is 23.8 Å². The van der Waals surface area contributed by atoms with Crippen molar-refractivity contribution in [2.45, 2.75) is 24.7 Å². The van der Waals surface area contributed by atoms with E-state index < -0.39 is 5.41 Å². The number of benzene rings is 2. The lowest BCUT2D eigenvalue weighted by molar-refractivity contribution is 0.541. The minimum absolute atomic E-state index is 0.415. The summed E-state index contributed by atoms with van der Waals surface area (Å²) in [6.45, 7) is 0. The Bertz CT molecular complexity index is 656. The molecule has 0 saturated heterocycles. The lowest BCUT2D eigenvalue weighted by atomic mass is 9.78. The number of aryl methyl sites for hydroxylation is 1. The quantitative estimate of drug-likeness (QED) is 0.796. The van der Waals surface area contributed by atoms with E-state index in [2.05, 4.69) is 18.2 Å². The zero-order valence-electron chi connectivity index (χ0n) is 10.6. The van der Waals surface area contributed by atoms with Crippen LogP contribution in [0, 0.1) is 11.3 Å². The van der Waals surface area contributed by atoms with E-state index in [0.717, 1.165) is 23.4 Å². The second-order valence-corrected chi connectivity index (χ2v) is 5.53. The van der Waals surface area contributed by atoms with Crippen LogP contribution in [0.1, 0.15) is 23.1 Å². The molecule has 1 aliphatic rings. The molecule has 19 heavy (non-hydrogen) atoms. The molecule has 0 radical (unpaired) electrons. The molecule has 1 aliphatic carbocycles. The van der Waals surface area contributed by atoms with Gasteiger partial charge in [0.2, 0.25) is 0 Å². The van der Waals surface area contributed by atoms with E-state index in [-0.39, 0.29) is 0 Å². The van der Waals surface area contributed by atoms with Crippen LogP contribution in [0.5, 0.6) is 0 Å². The third-order valence-electron chi connectivity index (χ3n) is 4.02. The van der Waals surface area contributed by atoms with E-state index in [1.54, 1.807) is 0 Å². The van der Waals surface area contributed by atoms with Crippen LogP contribution in [0.15, 0.2) is 48.5 Å². The highest BCUT2D eigenvalue weighted by Crippen LogP contribution is 2.41. The molecule has 0 fully saturated rings. The Morgan fingerprint density at radius 1 is 1.11 bits per heavy atom. The first kappa shape index (κ1) is 12.3. The number of hydrogen-bond acceptors (Lipinski definition) is 1. The van der Waals surface area contributed by atoms with Crippen molar-refractivity contribution in [3.05, 3.63) is 70.2 Å². The largest absolute Gasteiger partial charge is 0.197 e. The van der Waals surface area contributed by atoms with E-state index in [1.807, 2.05) is 36.4 Å². The Hall–Kier alpha value is -1.78. The van der Waals surface area contributed by atoms with Crippen molar-refractivity contribution in [1.82, 2.24) is 0 Å². The summed E-state index contributed by atoms with van der Waals surface area (Å²) in [5.41, 5.74) is 3.12. The first-order valence-corrected chi connectivity index (χ1v) is 6.86. The molecule has 0 N–H and O–H groups in total. The lowest BCUT2D eigenvalue weighted by Crippen LogP contribution is -2.24. The standard InChI is InChI=1S/C17H14ClN/c18-16-8-4-2-6-14(16)11-17(12-19)10-9-13-5-1-3-7-15(13)17/h1-8H,9-11H2. The number of rotatable bonds is 2. The van der Waals surface area contributed by atoms with Crippen molar-refractivity contribution < 1.29 is 0 Å². The van der Waals surface area contributed by atoms with Crippen LogP contribution in [0.25, 0.3) is 0 Å². The normalized spacial score (nSPS) is 20.8. The molecule has 0 heterocycles. The Kier molecular flexibility index (Phi) is 3.05. The Morgan fingerprint density at radius 3 is 2.63 bits per heavy atom. The summed E-state index contributed by atoms with van der Waals surface area (Å²) < 4.78 is 0. The van der Waals surface area contributed by atoms with Gasteiger partial charge in [-0.1, -0.05) is 54.1 Å². The van der Waals surface area contributed by atoms with Gasteiger partial charge in [0.25, 0.3) is 0 Å². The maximum absolute atomic E-state index is 9.72. The second kappa shape index (κ2) is 4.72. The van der Waals surface area contributed by atoms with Crippen LogP contribution in [0.2, 0.25) is 5.02 Å². The summed E-state index contributed by atoms with van der Waals surface area (Å²) in [4.78, 5) is 0. The third kappa shape index (κ3) is 2.03. The maximum Gasteiger partial charge on any atom is 0.0868 e. The average Bonchev–Trinajstić information content (AvgIpc) is 2.81. The number of fused-ring (bicyclic) bond motifs is 1. The van der Waals surface area contributed by atoms with E-state index >= 15 is 0 Å². The van der Waals surface area contributed by atoms with E-state index in [9.17, 15) is 5.26 Å². The van der Waals surface area contributed by atoms with Crippen LogP contribution in [0.4, 0.5) is 0 Å². The van der Waals surface area contributed by atoms with Gasteiger partial charge in [-0.05, 0) is 42.0 Å². The molecular weight excluding hydrogens is 254 g/mol. The minimum atomic E-state index is -0.415. The summed E-state index contributed by atoms with van der Waals surface area (Å²) in [5.74, 6) is 0. The first-order chi connectivity index (χ1) is 9.25. The first-order valence-electron chi connectivity index (χ1n) is 6.48. The molecule has 2 aromatic rings. The highest BCUT2D eigenvalue weighted by Gasteiger charge is 2.39. The van der Waals surface area contributed by atoms with Crippen molar-refractivity contribution in [3.8, 4) is 6.07 Å². The van der Waals surface area contributed by atoms with Gasteiger partial charge in [0.1, 0.15) is 0 Å². The molecule has 0 aliphatic heterocycles. The smallest absolute Gasteiger partial charge is 0.0868 e. The van der Waals surface area contributed by atoms with Gasteiger partial charge in [-0.2, -0.15) is 5.26 Å². The van der Waals surface area contributed by atoms with Crippen LogP contribution < -0.4 is 0 Å². The fraction of sp³-hybridized carbons (Fsp3) is 0.235. The fourth-order valence-electron chi connectivity index (χ4n) is 2.99. The highest BCUT2D eigenvalue weighted by molar-refractivity contribution is 6.31. The molecule has 1 nitrogen and oxygen atoms in total. The van der Waals surface area contributed by atoms with E-state index in [0.29, 0.717) is 6.42 Å². The lowest BCUT2D eigenvalue weighted by Gasteiger charge is -2.22. The van der Waals surface area contributed by atoms with Gasteiger partial charge >= 0.3 is 0 Å². The number of nitriles is 1. The van der Waals surface area contributed by atoms with Crippen LogP contribution >= 0.6 is 11.6 Å². The molecule has 0 aromatic heterocycles. The van der Waals surface area contributed by atoms with E-state index in [1.165, 1.54) is 11.1 Å². The Balaban J connectivity index is 2.04. The monoisotopic (exact) mass is 267 g/mol. The zero-order valence-corrected chi connectivity index (χ0v) is 11.3. The summed E-state index contributed by atoms with van der Waals surface area (Å²) in [5, 5.41) is 10.5. The summed E-state index contributed by atoms with van der Waals surface area (Å²) in [6, 6.07) is 18.6. The molecule has 0 saturated carbocycles. The van der Waals surface area contributed by atoms with Gasteiger partial charge < -0.3 is 0 Å². The van der Waals surface area contributed by atoms with Crippen molar-refractivity contribution in [3.63, 3.8) is 0 Å². The third-order valence-corrected chi connectivity index (χ3v) is 4.39. The SMILES string of the molecule is N#CC1(Cc2ccccc2Cl)CCc2ccccc21. The molecule has 2 aromatic carbocycles. The minimum Gasteiger partial charge on any atom is -0.197 e. The zero-order chi connectivity index (χ0) is 13.3. The van der Waals surface area contributed by atoms with Crippen LogP contribution in [0.3, 0.4) is 0 Å². The van der Waals surface area contributed by atoms with Crippen LogP contribution in [-0.4, -0.2) is 0 Å². The molecule has 3 rings (SSSR count). The fourth-order valence-corrected chi connectivity index (χ4v) is 3.20. The van der Waals surface area contributed by atoms with Crippen molar-refractivity contribution >= 4 is 11.6 Å². The molecule has 1 atom stereocenters. The van der Waals surface area contributed by atoms with Gasteiger partial charge in [-0.3, -0.25) is 0 Å². The summed E-state index contributed by atoms with van der Waals surface area (Å²) in [6.07, 6.45) is 2.56. The van der Waals surface area contributed by atoms with Gasteiger partial charge in [-0.25, -0.2) is 0 Å². The average molecular weight is 268 g/mol. The second-order valence-electron chi connectivity index (χ2n) is 5.12. The van der Waals surface area contributed by atoms with Crippen LogP contribution in [-0.2, 0) is 18.3 Å². The maximum atomic E-state index is 9.72. The molecular formula is C17H14ClN. The summed E-state index contributed by atoms with van der Waals surface area (Å²) in [7, 11) is 0. The predicted molar refractivity (Wildman–Crippen MR) is 77.2 cm³/mol. The molecule has 1 unspecified atom stereocenters. The van der Waals surface area contributed by atoms with Gasteiger partial charge in [-0.15, -0.1) is 0 Å². The van der Waals surface area contributed by atoms with Crippen molar-refractivity contribution in [2.75, 3.05) is 0 Å². The molecule has 0 spiro atoms. The Morgan fingerprint density at radius 2 is 1.84 bits per heavy atom. The van der Waals surface area contributed by atoms with Gasteiger partial charge in [0, 0.05) is 5.02 Å². The molecule has 0 bridgehead atoms. The predicted octanol–water partition coefficient (Wildman–Crippen LogP) is 4.29. The number of hydrogen-bond donors (Lipinski definition) is 0. The Labute approximate surface area is 118 Å². The van der Waals surface area contributed by atoms with E-state index in [4.69, 9.17) is 11.6 Å².